The number of hydrogen-bond acceptors (Lipinski definition) is 4. The van der Waals surface area contributed by atoms with E-state index in [0.29, 0.717) is 16.3 Å². The van der Waals surface area contributed by atoms with Crippen molar-refractivity contribution in [2.24, 2.45) is 5.41 Å². The number of alkyl halides is 1. The Morgan fingerprint density at radius 3 is 2.63 bits per heavy atom. The summed E-state index contributed by atoms with van der Waals surface area (Å²) in [6.45, 7) is 4.16. The van der Waals surface area contributed by atoms with Gasteiger partial charge in [-0.2, -0.15) is 0 Å². The van der Waals surface area contributed by atoms with E-state index in [1.54, 1.807) is 12.1 Å². The zero-order chi connectivity index (χ0) is 14.2. The van der Waals surface area contributed by atoms with Crippen LogP contribution in [-0.4, -0.2) is 23.0 Å². The number of halogens is 1. The number of nitro groups is 1. The molecule has 0 aromatic heterocycles. The fourth-order valence-electron chi connectivity index (χ4n) is 2.06. The van der Waals surface area contributed by atoms with Crippen LogP contribution >= 0.6 is 15.9 Å². The minimum absolute atomic E-state index is 0.0241. The lowest BCUT2D eigenvalue weighted by Crippen LogP contribution is -2.53. The summed E-state index contributed by atoms with van der Waals surface area (Å²) in [6, 6.07) is 4.64. The van der Waals surface area contributed by atoms with Gasteiger partial charge in [0.1, 0.15) is 11.9 Å². The van der Waals surface area contributed by atoms with Crippen molar-refractivity contribution in [1.29, 1.82) is 0 Å². The zero-order valence-corrected chi connectivity index (χ0v) is 12.6. The van der Waals surface area contributed by atoms with Crippen LogP contribution in [0.1, 0.15) is 20.3 Å². The number of benzene rings is 1. The molecule has 1 aliphatic rings. The van der Waals surface area contributed by atoms with Crippen LogP contribution in [0.2, 0.25) is 0 Å². The first-order valence-electron chi connectivity index (χ1n) is 5.99. The summed E-state index contributed by atoms with van der Waals surface area (Å²) in [5.41, 5.74) is -0.0958. The predicted octanol–water partition coefficient (Wildman–Crippen LogP) is 3.54. The highest BCUT2D eigenvalue weighted by molar-refractivity contribution is 9.09. The summed E-state index contributed by atoms with van der Waals surface area (Å²) >= 11 is 3.57. The molecule has 0 spiro atoms. The average Bonchev–Trinajstić information content (AvgIpc) is 2.38. The Bertz CT molecular complexity index is 503. The second kappa shape index (κ2) is 5.00. The molecule has 2 rings (SSSR count). The number of ether oxygens (including phenoxy) is 2. The number of rotatable bonds is 4. The van der Waals surface area contributed by atoms with Crippen LogP contribution in [0.15, 0.2) is 18.2 Å². The van der Waals surface area contributed by atoms with E-state index in [4.69, 9.17) is 9.47 Å². The molecule has 0 N–H and O–H groups in total. The largest absolute Gasteiger partial charge is 0.496 e. The van der Waals surface area contributed by atoms with Gasteiger partial charge in [-0.1, -0.05) is 29.8 Å². The van der Waals surface area contributed by atoms with Crippen molar-refractivity contribution in [3.05, 3.63) is 28.3 Å². The molecule has 1 aliphatic carbocycles. The first-order valence-corrected chi connectivity index (χ1v) is 6.91. The molecule has 1 fully saturated rings. The molecule has 6 heteroatoms. The van der Waals surface area contributed by atoms with Gasteiger partial charge in [-0.25, -0.2) is 0 Å². The molecular weight excluding hydrogens is 314 g/mol. The molecule has 5 nitrogen and oxygen atoms in total. The van der Waals surface area contributed by atoms with Crippen molar-refractivity contribution in [1.82, 2.24) is 0 Å². The van der Waals surface area contributed by atoms with E-state index in [0.717, 1.165) is 6.42 Å². The second-order valence-corrected chi connectivity index (χ2v) is 6.33. The number of hydrogen-bond donors (Lipinski definition) is 0. The average molecular weight is 330 g/mol. The highest BCUT2D eigenvalue weighted by atomic mass is 79.9. The Morgan fingerprint density at radius 2 is 2.16 bits per heavy atom. The first kappa shape index (κ1) is 14.1. The molecule has 2 unspecified atom stereocenters. The number of nitrogens with zero attached hydrogens (tertiary/aromatic N) is 1. The van der Waals surface area contributed by atoms with Gasteiger partial charge in [-0.3, -0.25) is 10.1 Å². The Kier molecular flexibility index (Phi) is 3.71. The quantitative estimate of drug-likeness (QED) is 0.481. The topological polar surface area (TPSA) is 61.6 Å². The summed E-state index contributed by atoms with van der Waals surface area (Å²) < 4.78 is 10.8. The lowest BCUT2D eigenvalue weighted by molar-refractivity contribution is -0.386. The van der Waals surface area contributed by atoms with E-state index in [-0.39, 0.29) is 17.2 Å². The Balaban J connectivity index is 2.23. The lowest BCUT2D eigenvalue weighted by Gasteiger charge is -2.48. The lowest BCUT2D eigenvalue weighted by atomic mass is 9.69. The summed E-state index contributed by atoms with van der Waals surface area (Å²) in [4.78, 5) is 11.0. The Hall–Kier alpha value is -1.30. The van der Waals surface area contributed by atoms with Gasteiger partial charge in [0, 0.05) is 10.2 Å². The van der Waals surface area contributed by atoms with E-state index in [9.17, 15) is 10.1 Å². The van der Waals surface area contributed by atoms with Gasteiger partial charge in [0.05, 0.1) is 18.1 Å². The maximum Gasteiger partial charge on any atom is 0.314 e. The van der Waals surface area contributed by atoms with Crippen LogP contribution in [0, 0.1) is 15.5 Å². The van der Waals surface area contributed by atoms with Crippen molar-refractivity contribution in [2.45, 2.75) is 31.2 Å². The molecule has 0 amide bonds. The van der Waals surface area contributed by atoms with Crippen LogP contribution in [0.25, 0.3) is 0 Å². The molecule has 0 radical (unpaired) electrons. The molecule has 0 bridgehead atoms. The Labute approximate surface area is 120 Å². The van der Waals surface area contributed by atoms with E-state index >= 15 is 0 Å². The maximum absolute atomic E-state index is 11.1. The van der Waals surface area contributed by atoms with Gasteiger partial charge >= 0.3 is 5.69 Å². The third kappa shape index (κ3) is 2.54. The van der Waals surface area contributed by atoms with Crippen molar-refractivity contribution in [3.63, 3.8) is 0 Å². The summed E-state index contributed by atoms with van der Waals surface area (Å²) in [7, 11) is 1.48. The third-order valence-corrected chi connectivity index (χ3v) is 5.24. The monoisotopic (exact) mass is 329 g/mol. The molecule has 19 heavy (non-hydrogen) atoms. The smallest absolute Gasteiger partial charge is 0.314 e. The summed E-state index contributed by atoms with van der Waals surface area (Å²) in [5, 5.41) is 11.1. The van der Waals surface area contributed by atoms with Crippen molar-refractivity contribution in [3.8, 4) is 11.5 Å². The molecule has 1 aromatic carbocycles. The second-order valence-electron chi connectivity index (χ2n) is 5.22. The number of nitro benzene ring substituents is 1. The predicted molar refractivity (Wildman–Crippen MR) is 75.2 cm³/mol. The summed E-state index contributed by atoms with van der Waals surface area (Å²) in [5.74, 6) is 0.744. The molecule has 0 aliphatic heterocycles. The fraction of sp³-hybridized carbons (Fsp3) is 0.538. The molecule has 104 valence electrons. The summed E-state index contributed by atoms with van der Waals surface area (Å²) in [6.07, 6.45) is 0.819. The van der Waals surface area contributed by atoms with Crippen molar-refractivity contribution < 1.29 is 14.4 Å². The Morgan fingerprint density at radius 1 is 1.47 bits per heavy atom. The molecule has 0 saturated heterocycles. The van der Waals surface area contributed by atoms with E-state index in [1.165, 1.54) is 13.2 Å². The van der Waals surface area contributed by atoms with Gasteiger partial charge < -0.3 is 9.47 Å². The highest BCUT2D eigenvalue weighted by Gasteiger charge is 2.49. The minimum atomic E-state index is -0.449. The van der Waals surface area contributed by atoms with Crippen LogP contribution in [-0.2, 0) is 0 Å². The standard InChI is InChI=1S/C13H16BrNO4/c1-13(2)11(14)7-12(13)19-10-5-4-8(18-3)6-9(10)15(16)17/h4-6,11-12H,7H2,1-3H3. The minimum Gasteiger partial charge on any atom is -0.496 e. The van der Waals surface area contributed by atoms with Gasteiger partial charge in [-0.05, 0) is 18.6 Å². The van der Waals surface area contributed by atoms with Crippen molar-refractivity contribution in [2.75, 3.05) is 7.11 Å². The van der Waals surface area contributed by atoms with E-state index in [1.807, 2.05) is 0 Å². The normalized spacial score (nSPS) is 24.4. The SMILES string of the molecule is COc1ccc(OC2CC(Br)C2(C)C)c([N+](=O)[O-])c1. The van der Waals surface area contributed by atoms with E-state index < -0.39 is 4.92 Å². The van der Waals surface area contributed by atoms with Crippen LogP contribution in [0.5, 0.6) is 11.5 Å². The van der Waals surface area contributed by atoms with Gasteiger partial charge in [0.25, 0.3) is 0 Å². The molecule has 1 aromatic rings. The van der Waals surface area contributed by atoms with Crippen molar-refractivity contribution >= 4 is 21.6 Å². The molecule has 0 heterocycles. The highest BCUT2D eigenvalue weighted by Crippen LogP contribution is 2.48. The third-order valence-electron chi connectivity index (χ3n) is 3.69. The van der Waals surface area contributed by atoms with Gasteiger partial charge in [0.2, 0.25) is 0 Å². The molecular formula is C13H16BrNO4. The first-order chi connectivity index (χ1) is 8.86. The van der Waals surface area contributed by atoms with Crippen LogP contribution < -0.4 is 9.47 Å². The maximum atomic E-state index is 11.1. The van der Waals surface area contributed by atoms with Gasteiger partial charge in [-0.15, -0.1) is 0 Å². The fourth-order valence-corrected chi connectivity index (χ4v) is 2.69. The van der Waals surface area contributed by atoms with E-state index in [2.05, 4.69) is 29.8 Å². The number of methoxy groups -OCH3 is 1. The van der Waals surface area contributed by atoms with Gasteiger partial charge in [0.15, 0.2) is 5.75 Å². The van der Waals surface area contributed by atoms with Crippen LogP contribution in [0.3, 0.4) is 0 Å². The molecule has 1 saturated carbocycles. The van der Waals surface area contributed by atoms with Crippen LogP contribution in [0.4, 0.5) is 5.69 Å². The molecule has 2 atom stereocenters. The zero-order valence-electron chi connectivity index (χ0n) is 11.1.